The van der Waals surface area contributed by atoms with E-state index in [1.807, 2.05) is 0 Å². The summed E-state index contributed by atoms with van der Waals surface area (Å²) >= 11 is 5.69. The van der Waals surface area contributed by atoms with Gasteiger partial charge in [-0.1, -0.05) is 17.7 Å². The Hall–Kier alpha value is -2.07. The molecule has 1 aliphatic rings. The van der Waals surface area contributed by atoms with E-state index < -0.39 is 5.82 Å². The molecule has 3 nitrogen and oxygen atoms in total. The summed E-state index contributed by atoms with van der Waals surface area (Å²) in [7, 11) is 0. The topological polar surface area (TPSA) is 35.5 Å². The fourth-order valence-corrected chi connectivity index (χ4v) is 2.32. The monoisotopic (exact) mass is 306 g/mol. The number of ketones is 1. The summed E-state index contributed by atoms with van der Waals surface area (Å²) in [5, 5.41) is 0.308. The van der Waals surface area contributed by atoms with Crippen molar-refractivity contribution < 1.29 is 18.7 Å². The van der Waals surface area contributed by atoms with Gasteiger partial charge in [0.05, 0.1) is 0 Å². The van der Waals surface area contributed by atoms with Gasteiger partial charge < -0.3 is 9.47 Å². The lowest BCUT2D eigenvalue weighted by Gasteiger charge is -2.18. The Morgan fingerprint density at radius 3 is 2.62 bits per heavy atom. The van der Waals surface area contributed by atoms with Crippen LogP contribution in [0.4, 0.5) is 4.39 Å². The molecule has 5 heteroatoms. The minimum Gasteiger partial charge on any atom is -0.486 e. The molecule has 0 radical (unpaired) electrons. The maximum atomic E-state index is 13.7. The lowest BCUT2D eigenvalue weighted by atomic mass is 10.0. The Kier molecular flexibility index (Phi) is 3.80. The van der Waals surface area contributed by atoms with Gasteiger partial charge in [-0.3, -0.25) is 4.79 Å². The Labute approximate surface area is 126 Å². The van der Waals surface area contributed by atoms with Crippen LogP contribution in [0, 0.1) is 5.82 Å². The largest absolute Gasteiger partial charge is 0.486 e. The number of Topliss-reactive ketones (excluding diaryl/α,β-unsaturated/α-hetero) is 1. The third kappa shape index (κ3) is 3.00. The van der Waals surface area contributed by atoms with Crippen LogP contribution in [0.25, 0.3) is 0 Å². The lowest BCUT2D eigenvalue weighted by Crippen LogP contribution is -2.16. The number of benzene rings is 2. The van der Waals surface area contributed by atoms with Gasteiger partial charge in [-0.2, -0.15) is 0 Å². The van der Waals surface area contributed by atoms with Gasteiger partial charge in [0.25, 0.3) is 0 Å². The minimum absolute atomic E-state index is 0.0252. The third-order valence-electron chi connectivity index (χ3n) is 3.23. The van der Waals surface area contributed by atoms with Crippen LogP contribution in [0.15, 0.2) is 36.4 Å². The fourth-order valence-electron chi connectivity index (χ4n) is 2.16. The highest BCUT2D eigenvalue weighted by Crippen LogP contribution is 2.31. The van der Waals surface area contributed by atoms with Crippen molar-refractivity contribution in [3.8, 4) is 11.5 Å². The van der Waals surface area contributed by atoms with Gasteiger partial charge >= 0.3 is 0 Å². The SMILES string of the molecule is O=C(Cc1ccc(Cl)cc1F)c1ccc2c(c1)OCCO2. The van der Waals surface area contributed by atoms with Crippen molar-refractivity contribution in [2.24, 2.45) is 0 Å². The predicted molar refractivity (Wildman–Crippen MR) is 76.9 cm³/mol. The molecule has 0 fully saturated rings. The molecule has 0 bridgehead atoms. The van der Waals surface area contributed by atoms with E-state index in [0.29, 0.717) is 40.9 Å². The summed E-state index contributed by atoms with van der Waals surface area (Å²) in [5.41, 5.74) is 0.785. The third-order valence-corrected chi connectivity index (χ3v) is 3.47. The molecular weight excluding hydrogens is 295 g/mol. The summed E-state index contributed by atoms with van der Waals surface area (Å²) in [6.07, 6.45) is -0.0252. The number of fused-ring (bicyclic) bond motifs is 1. The Morgan fingerprint density at radius 1 is 1.10 bits per heavy atom. The van der Waals surface area contributed by atoms with Crippen LogP contribution in [0.2, 0.25) is 5.02 Å². The quantitative estimate of drug-likeness (QED) is 0.812. The number of hydrogen-bond acceptors (Lipinski definition) is 3. The van der Waals surface area contributed by atoms with Crippen molar-refractivity contribution in [2.75, 3.05) is 13.2 Å². The smallest absolute Gasteiger partial charge is 0.167 e. The number of ether oxygens (including phenoxy) is 2. The summed E-state index contributed by atoms with van der Waals surface area (Å²) < 4.78 is 24.6. The van der Waals surface area contributed by atoms with E-state index in [1.54, 1.807) is 24.3 Å². The van der Waals surface area contributed by atoms with Crippen LogP contribution >= 0.6 is 11.6 Å². The van der Waals surface area contributed by atoms with Gasteiger partial charge in [0, 0.05) is 17.0 Å². The summed E-state index contributed by atoms with van der Waals surface area (Å²) in [6.45, 7) is 0.951. The van der Waals surface area contributed by atoms with Crippen molar-refractivity contribution in [1.82, 2.24) is 0 Å². The molecule has 0 aliphatic carbocycles. The van der Waals surface area contributed by atoms with E-state index in [2.05, 4.69) is 0 Å². The number of carbonyl (C=O) groups excluding carboxylic acids is 1. The van der Waals surface area contributed by atoms with Gasteiger partial charge in [-0.25, -0.2) is 4.39 Å². The van der Waals surface area contributed by atoms with Gasteiger partial charge in [0.1, 0.15) is 19.0 Å². The molecule has 0 unspecified atom stereocenters. The van der Waals surface area contributed by atoms with Crippen LogP contribution in [0.1, 0.15) is 15.9 Å². The minimum atomic E-state index is -0.478. The summed E-state index contributed by atoms with van der Waals surface area (Å²) in [6, 6.07) is 9.27. The maximum absolute atomic E-state index is 13.7. The fraction of sp³-hybridized carbons (Fsp3) is 0.188. The molecule has 21 heavy (non-hydrogen) atoms. The van der Waals surface area contributed by atoms with Crippen molar-refractivity contribution >= 4 is 17.4 Å². The van der Waals surface area contributed by atoms with Crippen molar-refractivity contribution in [2.45, 2.75) is 6.42 Å². The highest BCUT2D eigenvalue weighted by Gasteiger charge is 2.16. The first-order chi connectivity index (χ1) is 10.1. The molecular formula is C16H12ClFO3. The van der Waals surface area contributed by atoms with Gasteiger partial charge in [-0.05, 0) is 35.9 Å². The van der Waals surface area contributed by atoms with E-state index in [4.69, 9.17) is 21.1 Å². The second kappa shape index (κ2) is 5.74. The van der Waals surface area contributed by atoms with Crippen molar-refractivity contribution in [3.05, 3.63) is 58.4 Å². The summed E-state index contributed by atoms with van der Waals surface area (Å²) in [5.74, 6) is 0.501. The maximum Gasteiger partial charge on any atom is 0.167 e. The number of carbonyl (C=O) groups is 1. The van der Waals surface area contributed by atoms with Gasteiger partial charge in [-0.15, -0.1) is 0 Å². The highest BCUT2D eigenvalue weighted by molar-refractivity contribution is 6.30. The molecule has 3 rings (SSSR count). The normalized spacial score (nSPS) is 13.0. The summed E-state index contributed by atoms with van der Waals surface area (Å²) in [4.78, 5) is 12.2. The zero-order chi connectivity index (χ0) is 14.8. The molecule has 0 aromatic heterocycles. The van der Waals surface area contributed by atoms with Crippen LogP contribution in [-0.2, 0) is 6.42 Å². The zero-order valence-corrected chi connectivity index (χ0v) is 11.8. The van der Waals surface area contributed by atoms with Gasteiger partial charge in [0.15, 0.2) is 17.3 Å². The van der Waals surface area contributed by atoms with Crippen molar-refractivity contribution in [1.29, 1.82) is 0 Å². The molecule has 0 saturated carbocycles. The molecule has 0 amide bonds. The van der Waals surface area contributed by atoms with Crippen LogP contribution < -0.4 is 9.47 Å². The first-order valence-electron chi connectivity index (χ1n) is 6.50. The van der Waals surface area contributed by atoms with E-state index in [-0.39, 0.29) is 12.2 Å². The molecule has 0 spiro atoms. The Balaban J connectivity index is 1.82. The van der Waals surface area contributed by atoms with E-state index >= 15 is 0 Å². The number of rotatable bonds is 3. The first-order valence-corrected chi connectivity index (χ1v) is 6.88. The molecule has 1 heterocycles. The van der Waals surface area contributed by atoms with Gasteiger partial charge in [0.2, 0.25) is 0 Å². The highest BCUT2D eigenvalue weighted by atomic mass is 35.5. The second-order valence-corrected chi connectivity index (χ2v) is 5.13. The molecule has 1 aliphatic heterocycles. The molecule has 108 valence electrons. The van der Waals surface area contributed by atoms with Crippen LogP contribution in [-0.4, -0.2) is 19.0 Å². The van der Waals surface area contributed by atoms with E-state index in [1.165, 1.54) is 12.1 Å². The molecule has 0 N–H and O–H groups in total. The average molecular weight is 307 g/mol. The Bertz CT molecular complexity index is 700. The zero-order valence-electron chi connectivity index (χ0n) is 11.1. The van der Waals surface area contributed by atoms with Crippen LogP contribution in [0.3, 0.4) is 0 Å². The molecule has 0 atom stereocenters. The van der Waals surface area contributed by atoms with E-state index in [9.17, 15) is 9.18 Å². The first kappa shape index (κ1) is 13.9. The molecule has 2 aromatic rings. The van der Waals surface area contributed by atoms with Crippen molar-refractivity contribution in [3.63, 3.8) is 0 Å². The molecule has 0 saturated heterocycles. The molecule has 2 aromatic carbocycles. The predicted octanol–water partition coefficient (Wildman–Crippen LogP) is 3.68. The average Bonchev–Trinajstić information content (AvgIpc) is 2.49. The van der Waals surface area contributed by atoms with Crippen LogP contribution in [0.5, 0.6) is 11.5 Å². The number of halogens is 2. The van der Waals surface area contributed by atoms with E-state index in [0.717, 1.165) is 0 Å². The lowest BCUT2D eigenvalue weighted by molar-refractivity contribution is 0.0990. The Morgan fingerprint density at radius 2 is 1.86 bits per heavy atom. The standard InChI is InChI=1S/C16H12ClFO3/c17-12-3-1-10(13(18)9-12)7-14(19)11-2-4-15-16(8-11)21-6-5-20-15/h1-4,8-9H,5-7H2. The second-order valence-electron chi connectivity index (χ2n) is 4.69. The number of hydrogen-bond donors (Lipinski definition) is 0.